The van der Waals surface area contributed by atoms with Gasteiger partial charge in [-0.2, -0.15) is 0 Å². The number of benzene rings is 1. The number of hydrogen-bond acceptors (Lipinski definition) is 5. The molecule has 0 heterocycles. The van der Waals surface area contributed by atoms with Gasteiger partial charge in [0, 0.05) is 12.5 Å². The van der Waals surface area contributed by atoms with Crippen molar-refractivity contribution < 1.29 is 29.0 Å². The molecule has 0 spiro atoms. The molecule has 1 aromatic carbocycles. The van der Waals surface area contributed by atoms with E-state index in [4.69, 9.17) is 21.1 Å². The van der Waals surface area contributed by atoms with Gasteiger partial charge >= 0.3 is 12.1 Å². The molecule has 0 saturated carbocycles. The Bertz CT molecular complexity index is 788. The number of carbonyl (C=O) groups excluding carboxylic acids is 2. The molecule has 0 aromatic heterocycles. The summed E-state index contributed by atoms with van der Waals surface area (Å²) >= 11 is 6.16. The van der Waals surface area contributed by atoms with Crippen LogP contribution in [-0.2, 0) is 20.7 Å². The van der Waals surface area contributed by atoms with Gasteiger partial charge in [-0.15, -0.1) is 0 Å². The molecule has 1 aromatic rings. The van der Waals surface area contributed by atoms with Crippen molar-refractivity contribution >= 4 is 29.6 Å². The van der Waals surface area contributed by atoms with E-state index in [2.05, 4.69) is 10.6 Å². The van der Waals surface area contributed by atoms with E-state index in [1.54, 1.807) is 45.9 Å². The van der Waals surface area contributed by atoms with Crippen LogP contribution in [0.3, 0.4) is 0 Å². The van der Waals surface area contributed by atoms with E-state index in [0.29, 0.717) is 16.3 Å². The maximum absolute atomic E-state index is 12.9. The minimum atomic E-state index is -1.20. The smallest absolute Gasteiger partial charge is 0.408 e. The second-order valence-corrected chi connectivity index (χ2v) is 9.04. The predicted octanol–water partition coefficient (Wildman–Crippen LogP) is 3.40. The molecular weight excluding hydrogens is 412 g/mol. The van der Waals surface area contributed by atoms with Crippen LogP contribution in [0.2, 0.25) is 5.02 Å². The quantitative estimate of drug-likeness (QED) is 0.568. The fraction of sp³-hybridized carbons (Fsp3) is 0.571. The molecule has 0 aliphatic carbocycles. The molecule has 2 atom stereocenters. The van der Waals surface area contributed by atoms with E-state index in [-0.39, 0.29) is 6.42 Å². The average molecular weight is 443 g/mol. The minimum Gasteiger partial charge on any atom is -0.495 e. The first-order valence-electron chi connectivity index (χ1n) is 9.53. The molecular formula is C21H31ClN2O6. The van der Waals surface area contributed by atoms with Crippen LogP contribution in [-0.4, -0.2) is 47.9 Å². The largest absolute Gasteiger partial charge is 0.495 e. The Balaban J connectivity index is 3.07. The monoisotopic (exact) mass is 442 g/mol. The number of carboxylic acid groups (broad SMARTS) is 1. The summed E-state index contributed by atoms with van der Waals surface area (Å²) in [6.45, 7) is 9.76. The Labute approximate surface area is 182 Å². The van der Waals surface area contributed by atoms with Crippen LogP contribution in [0, 0.1) is 5.41 Å². The Morgan fingerprint density at radius 1 is 1.13 bits per heavy atom. The number of nitrogens with one attached hydrogen (secondary N) is 2. The van der Waals surface area contributed by atoms with Gasteiger partial charge in [0.2, 0.25) is 5.91 Å². The maximum atomic E-state index is 12.9. The van der Waals surface area contributed by atoms with E-state index in [1.165, 1.54) is 21.0 Å². The van der Waals surface area contributed by atoms with E-state index < -0.39 is 41.1 Å². The molecule has 168 valence electrons. The highest BCUT2D eigenvalue weighted by atomic mass is 35.5. The van der Waals surface area contributed by atoms with E-state index in [0.717, 1.165) is 0 Å². The Morgan fingerprint density at radius 3 is 2.20 bits per heavy atom. The first kappa shape index (κ1) is 25.6. The Morgan fingerprint density at radius 2 is 1.73 bits per heavy atom. The number of ether oxygens (including phenoxy) is 2. The molecule has 0 radical (unpaired) electrons. The van der Waals surface area contributed by atoms with Crippen LogP contribution in [0.25, 0.3) is 0 Å². The zero-order valence-electron chi connectivity index (χ0n) is 18.5. The van der Waals surface area contributed by atoms with E-state index >= 15 is 0 Å². The van der Waals surface area contributed by atoms with Crippen molar-refractivity contribution in [2.45, 2.75) is 65.6 Å². The normalized spacial score (nSPS) is 13.7. The first-order chi connectivity index (χ1) is 13.7. The number of carboxylic acids is 1. The van der Waals surface area contributed by atoms with Gasteiger partial charge in [-0.25, -0.2) is 4.79 Å². The van der Waals surface area contributed by atoms with Crippen molar-refractivity contribution in [1.29, 1.82) is 0 Å². The number of aliphatic carboxylic acids is 1. The summed E-state index contributed by atoms with van der Waals surface area (Å²) in [5.41, 5.74) is -1.26. The number of carbonyl (C=O) groups is 3. The summed E-state index contributed by atoms with van der Waals surface area (Å²) in [5.74, 6) is -1.10. The number of halogens is 1. The zero-order chi connectivity index (χ0) is 23.3. The molecule has 0 fully saturated rings. The van der Waals surface area contributed by atoms with Crippen LogP contribution in [0.15, 0.2) is 18.2 Å². The summed E-state index contributed by atoms with van der Waals surface area (Å²) in [6.07, 6.45) is -0.637. The standard InChI is InChI=1S/C21H31ClN2O6/c1-12(21(5,6)18(26)27)23-17(25)15(24-19(28)30-20(2,3)4)11-13-8-9-16(29-7)14(22)10-13/h8-10,12,15H,11H2,1-7H3,(H,23,25)(H,24,28)(H,26,27). The van der Waals surface area contributed by atoms with Gasteiger partial charge in [0.05, 0.1) is 17.5 Å². The fourth-order valence-corrected chi connectivity index (χ4v) is 2.69. The molecule has 0 saturated heterocycles. The van der Waals surface area contributed by atoms with Gasteiger partial charge in [-0.3, -0.25) is 9.59 Å². The lowest BCUT2D eigenvalue weighted by Gasteiger charge is -2.30. The molecule has 2 amide bonds. The summed E-state index contributed by atoms with van der Waals surface area (Å²) in [4.78, 5) is 36.6. The topological polar surface area (TPSA) is 114 Å². The lowest BCUT2D eigenvalue weighted by Crippen LogP contribution is -2.55. The van der Waals surface area contributed by atoms with Gasteiger partial charge in [0.1, 0.15) is 17.4 Å². The van der Waals surface area contributed by atoms with Gasteiger partial charge < -0.3 is 25.2 Å². The lowest BCUT2D eigenvalue weighted by atomic mass is 9.85. The van der Waals surface area contributed by atoms with E-state index in [9.17, 15) is 19.5 Å². The Kier molecular flexibility index (Phi) is 8.53. The highest BCUT2D eigenvalue weighted by molar-refractivity contribution is 6.32. The van der Waals surface area contributed by atoms with Crippen molar-refractivity contribution in [2.24, 2.45) is 5.41 Å². The van der Waals surface area contributed by atoms with Crippen molar-refractivity contribution in [2.75, 3.05) is 7.11 Å². The molecule has 1 rings (SSSR count). The van der Waals surface area contributed by atoms with Crippen molar-refractivity contribution in [3.05, 3.63) is 28.8 Å². The number of amides is 2. The number of rotatable bonds is 8. The third-order valence-corrected chi connectivity index (χ3v) is 4.95. The molecule has 9 heteroatoms. The lowest BCUT2D eigenvalue weighted by molar-refractivity contribution is -0.148. The predicted molar refractivity (Wildman–Crippen MR) is 114 cm³/mol. The van der Waals surface area contributed by atoms with Crippen molar-refractivity contribution in [3.8, 4) is 5.75 Å². The van der Waals surface area contributed by atoms with Crippen LogP contribution >= 0.6 is 11.6 Å². The highest BCUT2D eigenvalue weighted by Crippen LogP contribution is 2.26. The number of hydrogen-bond donors (Lipinski definition) is 3. The third kappa shape index (κ3) is 7.40. The molecule has 8 nitrogen and oxygen atoms in total. The van der Waals surface area contributed by atoms with Crippen LogP contribution < -0.4 is 15.4 Å². The molecule has 0 bridgehead atoms. The maximum Gasteiger partial charge on any atom is 0.408 e. The summed E-state index contributed by atoms with van der Waals surface area (Å²) < 4.78 is 10.4. The number of methoxy groups -OCH3 is 1. The third-order valence-electron chi connectivity index (χ3n) is 4.66. The number of alkyl carbamates (subject to hydrolysis) is 1. The first-order valence-corrected chi connectivity index (χ1v) is 9.91. The second-order valence-electron chi connectivity index (χ2n) is 8.63. The molecule has 2 unspecified atom stereocenters. The van der Waals surface area contributed by atoms with Gasteiger partial charge in [-0.1, -0.05) is 17.7 Å². The van der Waals surface area contributed by atoms with Crippen molar-refractivity contribution in [1.82, 2.24) is 10.6 Å². The molecule has 0 aliphatic heterocycles. The van der Waals surface area contributed by atoms with Crippen LogP contribution in [0.4, 0.5) is 4.79 Å². The summed E-state index contributed by atoms with van der Waals surface area (Å²) in [7, 11) is 1.49. The van der Waals surface area contributed by atoms with Crippen molar-refractivity contribution in [3.63, 3.8) is 0 Å². The molecule has 3 N–H and O–H groups in total. The fourth-order valence-electron chi connectivity index (χ4n) is 2.41. The molecule has 0 aliphatic rings. The SMILES string of the molecule is COc1ccc(CC(NC(=O)OC(C)(C)C)C(=O)NC(C)C(C)(C)C(=O)O)cc1Cl. The van der Waals surface area contributed by atoms with Gasteiger partial charge in [0.15, 0.2) is 0 Å². The van der Waals surface area contributed by atoms with Gasteiger partial charge in [-0.05, 0) is 59.2 Å². The van der Waals surface area contributed by atoms with Crippen LogP contribution in [0.1, 0.15) is 47.1 Å². The molecule has 30 heavy (non-hydrogen) atoms. The average Bonchev–Trinajstić information content (AvgIpc) is 2.59. The van der Waals surface area contributed by atoms with E-state index in [1.807, 2.05) is 0 Å². The highest BCUT2D eigenvalue weighted by Gasteiger charge is 2.36. The second kappa shape index (κ2) is 10.0. The summed E-state index contributed by atoms with van der Waals surface area (Å²) in [6, 6.07) is 3.34. The zero-order valence-corrected chi connectivity index (χ0v) is 19.2. The minimum absolute atomic E-state index is 0.120. The van der Waals surface area contributed by atoms with Crippen LogP contribution in [0.5, 0.6) is 5.75 Å². The Hall–Kier alpha value is -2.48. The van der Waals surface area contributed by atoms with Gasteiger partial charge in [0.25, 0.3) is 0 Å². The summed E-state index contributed by atoms with van der Waals surface area (Å²) in [5, 5.41) is 15.0.